The molecule has 1 aliphatic rings. The van der Waals surface area contributed by atoms with Crippen molar-refractivity contribution < 1.29 is 4.79 Å². The van der Waals surface area contributed by atoms with Crippen molar-refractivity contribution in [1.29, 1.82) is 0 Å². The largest absolute Gasteiger partial charge is 0.298 e. The van der Waals surface area contributed by atoms with Gasteiger partial charge in [0.25, 0.3) is 5.91 Å². The predicted molar refractivity (Wildman–Crippen MR) is 90.2 cm³/mol. The van der Waals surface area contributed by atoms with Crippen LogP contribution in [0.4, 0.5) is 5.13 Å². The summed E-state index contributed by atoms with van der Waals surface area (Å²) in [6.07, 6.45) is 2.53. The van der Waals surface area contributed by atoms with Gasteiger partial charge in [0.1, 0.15) is 0 Å². The van der Waals surface area contributed by atoms with Crippen molar-refractivity contribution in [2.24, 2.45) is 5.92 Å². The fourth-order valence-corrected chi connectivity index (χ4v) is 3.34. The van der Waals surface area contributed by atoms with Gasteiger partial charge < -0.3 is 0 Å². The lowest BCUT2D eigenvalue weighted by molar-refractivity contribution is 0.102. The second-order valence-electron chi connectivity index (χ2n) is 5.92. The highest BCUT2D eigenvalue weighted by atomic mass is 32.1. The van der Waals surface area contributed by atoms with Crippen LogP contribution in [0.5, 0.6) is 0 Å². The quantitative estimate of drug-likeness (QED) is 0.937. The molecule has 0 saturated carbocycles. The molecule has 22 heavy (non-hydrogen) atoms. The van der Waals surface area contributed by atoms with Crippen LogP contribution in [0.15, 0.2) is 35.7 Å². The molecule has 0 radical (unpaired) electrons. The third kappa shape index (κ3) is 3.93. The summed E-state index contributed by atoms with van der Waals surface area (Å²) in [5, 5.41) is 5.59. The number of rotatable bonds is 4. The number of nitrogens with one attached hydrogen (secondary N) is 1. The maximum absolute atomic E-state index is 12.1. The minimum atomic E-state index is -0.103. The Morgan fingerprint density at radius 2 is 2.05 bits per heavy atom. The van der Waals surface area contributed by atoms with Crippen LogP contribution < -0.4 is 5.32 Å². The fraction of sp³-hybridized carbons (Fsp3) is 0.412. The van der Waals surface area contributed by atoms with E-state index in [0.717, 1.165) is 31.2 Å². The molecule has 0 aliphatic carbocycles. The Bertz CT molecular complexity index is 618. The average molecular weight is 315 g/mol. The van der Waals surface area contributed by atoms with E-state index in [2.05, 4.69) is 22.1 Å². The summed E-state index contributed by atoms with van der Waals surface area (Å²) in [6.45, 7) is 5.48. The standard InChI is InChI=1S/C17H21N3OS/c1-13-7-9-20(10-8-13)11-15-12-22-17(18-15)19-16(21)14-5-3-2-4-6-14/h2-6,12-13H,7-11H2,1H3,(H,18,19,21). The van der Waals surface area contributed by atoms with Crippen molar-refractivity contribution in [2.45, 2.75) is 26.3 Å². The Labute approximate surface area is 135 Å². The van der Waals surface area contributed by atoms with Gasteiger partial charge in [0.2, 0.25) is 0 Å². The second kappa shape index (κ2) is 7.03. The molecule has 4 nitrogen and oxygen atoms in total. The summed E-state index contributed by atoms with van der Waals surface area (Å²) >= 11 is 1.49. The fourth-order valence-electron chi connectivity index (χ4n) is 2.65. The molecule has 2 aromatic rings. The van der Waals surface area contributed by atoms with Gasteiger partial charge in [-0.1, -0.05) is 25.1 Å². The molecular formula is C17H21N3OS. The number of carbonyl (C=O) groups excluding carboxylic acids is 1. The molecule has 1 saturated heterocycles. The highest BCUT2D eigenvalue weighted by Crippen LogP contribution is 2.21. The third-order valence-electron chi connectivity index (χ3n) is 4.07. The maximum Gasteiger partial charge on any atom is 0.257 e. The molecule has 0 spiro atoms. The number of nitrogens with zero attached hydrogens (tertiary/aromatic N) is 2. The van der Waals surface area contributed by atoms with Crippen LogP contribution in [-0.4, -0.2) is 28.9 Å². The Hall–Kier alpha value is -1.72. The van der Waals surface area contributed by atoms with Crippen molar-refractivity contribution in [3.63, 3.8) is 0 Å². The molecule has 116 valence electrons. The summed E-state index contributed by atoms with van der Waals surface area (Å²) in [5.41, 5.74) is 1.70. The molecule has 0 unspecified atom stereocenters. The lowest BCUT2D eigenvalue weighted by atomic mass is 9.99. The van der Waals surface area contributed by atoms with Gasteiger partial charge >= 0.3 is 0 Å². The zero-order valence-electron chi connectivity index (χ0n) is 12.8. The van der Waals surface area contributed by atoms with Crippen molar-refractivity contribution >= 4 is 22.4 Å². The number of anilines is 1. The summed E-state index contributed by atoms with van der Waals surface area (Å²) in [4.78, 5) is 19.1. The Morgan fingerprint density at radius 1 is 1.32 bits per heavy atom. The first-order valence-corrected chi connectivity index (χ1v) is 8.62. The maximum atomic E-state index is 12.1. The minimum Gasteiger partial charge on any atom is -0.298 e. The summed E-state index contributed by atoms with van der Waals surface area (Å²) in [7, 11) is 0. The highest BCUT2D eigenvalue weighted by molar-refractivity contribution is 7.13. The smallest absolute Gasteiger partial charge is 0.257 e. The first kappa shape index (κ1) is 15.2. The molecule has 5 heteroatoms. The van der Waals surface area contributed by atoms with Crippen LogP contribution in [0.25, 0.3) is 0 Å². The van der Waals surface area contributed by atoms with Crippen LogP contribution >= 0.6 is 11.3 Å². The van der Waals surface area contributed by atoms with E-state index >= 15 is 0 Å². The topological polar surface area (TPSA) is 45.2 Å². The molecular weight excluding hydrogens is 294 g/mol. The molecule has 1 aliphatic heterocycles. The highest BCUT2D eigenvalue weighted by Gasteiger charge is 2.17. The van der Waals surface area contributed by atoms with E-state index < -0.39 is 0 Å². The second-order valence-corrected chi connectivity index (χ2v) is 6.78. The predicted octanol–water partition coefficient (Wildman–Crippen LogP) is 3.63. The number of aromatic nitrogens is 1. The zero-order chi connectivity index (χ0) is 15.4. The van der Waals surface area contributed by atoms with Gasteiger partial charge in [0, 0.05) is 17.5 Å². The molecule has 1 N–H and O–H groups in total. The number of amides is 1. The number of benzene rings is 1. The van der Waals surface area contributed by atoms with Gasteiger partial charge in [-0.05, 0) is 44.0 Å². The summed E-state index contributed by atoms with van der Waals surface area (Å²) in [6, 6.07) is 9.23. The first-order valence-electron chi connectivity index (χ1n) is 7.74. The minimum absolute atomic E-state index is 0.103. The van der Waals surface area contributed by atoms with Gasteiger partial charge in [-0.3, -0.25) is 15.0 Å². The third-order valence-corrected chi connectivity index (χ3v) is 4.88. The van der Waals surface area contributed by atoms with E-state index in [0.29, 0.717) is 10.7 Å². The summed E-state index contributed by atoms with van der Waals surface area (Å²) in [5.74, 6) is 0.737. The van der Waals surface area contributed by atoms with Crippen LogP contribution in [-0.2, 0) is 6.54 Å². The van der Waals surface area contributed by atoms with Gasteiger partial charge in [-0.25, -0.2) is 4.98 Å². The Balaban J connectivity index is 1.56. The molecule has 0 atom stereocenters. The van der Waals surface area contributed by atoms with Crippen molar-refractivity contribution in [1.82, 2.24) is 9.88 Å². The van der Waals surface area contributed by atoms with Crippen LogP contribution in [0.3, 0.4) is 0 Å². The van der Waals surface area contributed by atoms with Gasteiger partial charge in [0.15, 0.2) is 5.13 Å². The van der Waals surface area contributed by atoms with Crippen LogP contribution in [0.2, 0.25) is 0 Å². The lowest BCUT2D eigenvalue weighted by Crippen LogP contribution is -2.32. The average Bonchev–Trinajstić information content (AvgIpc) is 2.97. The van der Waals surface area contributed by atoms with E-state index in [9.17, 15) is 4.79 Å². The number of carbonyl (C=O) groups is 1. The van der Waals surface area contributed by atoms with Crippen molar-refractivity contribution in [3.05, 3.63) is 47.0 Å². The molecule has 1 aromatic carbocycles. The molecule has 1 fully saturated rings. The normalized spacial score (nSPS) is 16.6. The van der Waals surface area contributed by atoms with E-state index in [4.69, 9.17) is 0 Å². The van der Waals surface area contributed by atoms with E-state index in [1.165, 1.54) is 24.2 Å². The molecule has 2 heterocycles. The summed E-state index contributed by atoms with van der Waals surface area (Å²) < 4.78 is 0. The monoisotopic (exact) mass is 315 g/mol. The van der Waals surface area contributed by atoms with E-state index in [1.54, 1.807) is 12.1 Å². The zero-order valence-corrected chi connectivity index (χ0v) is 13.6. The Kier molecular flexibility index (Phi) is 4.85. The molecule has 3 rings (SSSR count). The van der Waals surface area contributed by atoms with Crippen LogP contribution in [0.1, 0.15) is 35.8 Å². The molecule has 0 bridgehead atoms. The van der Waals surface area contributed by atoms with E-state index in [-0.39, 0.29) is 5.91 Å². The SMILES string of the molecule is CC1CCN(Cc2csc(NC(=O)c3ccccc3)n2)CC1. The lowest BCUT2D eigenvalue weighted by Gasteiger charge is -2.29. The van der Waals surface area contributed by atoms with Gasteiger partial charge in [0.05, 0.1) is 5.69 Å². The number of hydrogen-bond donors (Lipinski definition) is 1. The van der Waals surface area contributed by atoms with Crippen molar-refractivity contribution in [3.8, 4) is 0 Å². The number of likely N-dealkylation sites (tertiary alicyclic amines) is 1. The van der Waals surface area contributed by atoms with Gasteiger partial charge in [-0.2, -0.15) is 0 Å². The number of piperidine rings is 1. The van der Waals surface area contributed by atoms with Crippen molar-refractivity contribution in [2.75, 3.05) is 18.4 Å². The number of thiazole rings is 1. The molecule has 1 amide bonds. The van der Waals surface area contributed by atoms with Gasteiger partial charge in [-0.15, -0.1) is 11.3 Å². The first-order chi connectivity index (χ1) is 10.7. The molecule has 1 aromatic heterocycles. The van der Waals surface area contributed by atoms with E-state index in [1.807, 2.05) is 23.6 Å². The number of hydrogen-bond acceptors (Lipinski definition) is 4. The Morgan fingerprint density at radius 3 is 2.77 bits per heavy atom. The van der Waals surface area contributed by atoms with Crippen LogP contribution in [0, 0.1) is 5.92 Å².